The standard InChI is InChI=1S/C9H12N4O/c1-2-13-4-3-9(12-13)10-5-8-6-14-7-11-8/h3-4,6-7H,2,5H2,1H3,(H,10,12). The lowest BCUT2D eigenvalue weighted by Crippen LogP contribution is -2.01. The molecule has 74 valence electrons. The molecule has 0 aromatic carbocycles. The first-order valence-corrected chi connectivity index (χ1v) is 4.53. The summed E-state index contributed by atoms with van der Waals surface area (Å²) in [6.07, 6.45) is 4.97. The van der Waals surface area contributed by atoms with Crippen LogP contribution in [-0.4, -0.2) is 14.8 Å². The Balaban J connectivity index is 1.92. The minimum absolute atomic E-state index is 0.636. The van der Waals surface area contributed by atoms with Crippen molar-refractivity contribution in [3.05, 3.63) is 30.6 Å². The molecule has 5 heteroatoms. The van der Waals surface area contributed by atoms with Gasteiger partial charge >= 0.3 is 0 Å². The van der Waals surface area contributed by atoms with Crippen LogP contribution >= 0.6 is 0 Å². The molecular formula is C9H12N4O. The van der Waals surface area contributed by atoms with Crippen molar-refractivity contribution in [3.63, 3.8) is 0 Å². The number of aryl methyl sites for hydroxylation is 1. The van der Waals surface area contributed by atoms with Crippen molar-refractivity contribution in [1.82, 2.24) is 14.8 Å². The molecule has 14 heavy (non-hydrogen) atoms. The molecule has 5 nitrogen and oxygen atoms in total. The molecule has 0 aliphatic carbocycles. The summed E-state index contributed by atoms with van der Waals surface area (Å²) in [5.74, 6) is 0.856. The fourth-order valence-electron chi connectivity index (χ4n) is 1.14. The lowest BCUT2D eigenvalue weighted by Gasteiger charge is -1.98. The van der Waals surface area contributed by atoms with E-state index >= 15 is 0 Å². The van der Waals surface area contributed by atoms with E-state index in [9.17, 15) is 0 Å². The molecule has 0 radical (unpaired) electrons. The highest BCUT2D eigenvalue weighted by molar-refractivity contribution is 5.32. The average molecular weight is 192 g/mol. The highest BCUT2D eigenvalue weighted by Crippen LogP contribution is 2.04. The van der Waals surface area contributed by atoms with Crippen molar-refractivity contribution in [2.75, 3.05) is 5.32 Å². The van der Waals surface area contributed by atoms with Gasteiger partial charge in [0.1, 0.15) is 12.1 Å². The Bertz CT molecular complexity index is 379. The topological polar surface area (TPSA) is 55.9 Å². The van der Waals surface area contributed by atoms with Gasteiger partial charge in [0.15, 0.2) is 6.39 Å². The lowest BCUT2D eigenvalue weighted by atomic mass is 10.5. The van der Waals surface area contributed by atoms with Gasteiger partial charge in [-0.3, -0.25) is 4.68 Å². The molecule has 2 heterocycles. The number of nitrogens with one attached hydrogen (secondary N) is 1. The number of nitrogens with zero attached hydrogens (tertiary/aromatic N) is 3. The first-order valence-electron chi connectivity index (χ1n) is 4.53. The third-order valence-electron chi connectivity index (χ3n) is 1.90. The van der Waals surface area contributed by atoms with E-state index in [2.05, 4.69) is 22.3 Å². The van der Waals surface area contributed by atoms with E-state index in [4.69, 9.17) is 4.42 Å². The fraction of sp³-hybridized carbons (Fsp3) is 0.333. The van der Waals surface area contributed by atoms with E-state index in [0.29, 0.717) is 6.54 Å². The second kappa shape index (κ2) is 3.95. The summed E-state index contributed by atoms with van der Waals surface area (Å²) in [6, 6.07) is 1.93. The molecule has 0 saturated heterocycles. The van der Waals surface area contributed by atoms with Crippen molar-refractivity contribution < 1.29 is 4.42 Å². The minimum Gasteiger partial charge on any atom is -0.451 e. The van der Waals surface area contributed by atoms with Crippen LogP contribution in [0.2, 0.25) is 0 Å². The van der Waals surface area contributed by atoms with Gasteiger partial charge in [0.2, 0.25) is 0 Å². The van der Waals surface area contributed by atoms with Crippen LogP contribution in [0.5, 0.6) is 0 Å². The molecule has 0 fully saturated rings. The largest absolute Gasteiger partial charge is 0.451 e. The normalized spacial score (nSPS) is 10.4. The van der Waals surface area contributed by atoms with Gasteiger partial charge < -0.3 is 9.73 Å². The number of oxazole rings is 1. The maximum Gasteiger partial charge on any atom is 0.180 e. The Kier molecular flexibility index (Phi) is 2.48. The number of hydrogen-bond donors (Lipinski definition) is 1. The minimum atomic E-state index is 0.636. The summed E-state index contributed by atoms with van der Waals surface area (Å²) in [5.41, 5.74) is 0.871. The van der Waals surface area contributed by atoms with Crippen LogP contribution in [0.3, 0.4) is 0 Å². The molecule has 2 aromatic heterocycles. The van der Waals surface area contributed by atoms with E-state index in [1.54, 1.807) is 6.26 Å². The highest BCUT2D eigenvalue weighted by Gasteiger charge is 1.98. The summed E-state index contributed by atoms with van der Waals surface area (Å²) >= 11 is 0. The first kappa shape index (κ1) is 8.80. The summed E-state index contributed by atoms with van der Waals surface area (Å²) in [6.45, 7) is 3.57. The number of aromatic nitrogens is 3. The predicted molar refractivity (Wildman–Crippen MR) is 51.7 cm³/mol. The second-order valence-corrected chi connectivity index (χ2v) is 2.89. The van der Waals surface area contributed by atoms with Crippen LogP contribution in [0.25, 0.3) is 0 Å². The van der Waals surface area contributed by atoms with Crippen LogP contribution in [-0.2, 0) is 13.1 Å². The third-order valence-corrected chi connectivity index (χ3v) is 1.90. The highest BCUT2D eigenvalue weighted by atomic mass is 16.3. The van der Waals surface area contributed by atoms with E-state index in [-0.39, 0.29) is 0 Å². The predicted octanol–water partition coefficient (Wildman–Crippen LogP) is 1.50. The maximum absolute atomic E-state index is 4.85. The summed E-state index contributed by atoms with van der Waals surface area (Å²) in [4.78, 5) is 3.99. The quantitative estimate of drug-likeness (QED) is 0.797. The molecule has 0 spiro atoms. The molecule has 0 saturated carbocycles. The van der Waals surface area contributed by atoms with Gasteiger partial charge in [0.25, 0.3) is 0 Å². The Morgan fingerprint density at radius 3 is 3.14 bits per heavy atom. The maximum atomic E-state index is 4.85. The smallest absolute Gasteiger partial charge is 0.180 e. The molecule has 0 atom stereocenters. The third kappa shape index (κ3) is 1.93. The van der Waals surface area contributed by atoms with Crippen molar-refractivity contribution in [3.8, 4) is 0 Å². The Labute approximate surface area is 81.8 Å². The van der Waals surface area contributed by atoms with E-state index in [0.717, 1.165) is 18.1 Å². The van der Waals surface area contributed by atoms with Crippen LogP contribution in [0.4, 0.5) is 5.82 Å². The SMILES string of the molecule is CCn1ccc(NCc2cocn2)n1. The zero-order chi connectivity index (χ0) is 9.80. The molecule has 0 aliphatic rings. The Morgan fingerprint density at radius 1 is 1.57 bits per heavy atom. The second-order valence-electron chi connectivity index (χ2n) is 2.89. The Hall–Kier alpha value is -1.78. The van der Waals surface area contributed by atoms with Crippen LogP contribution < -0.4 is 5.32 Å². The van der Waals surface area contributed by atoms with Gasteiger partial charge in [-0.2, -0.15) is 5.10 Å². The fourth-order valence-corrected chi connectivity index (χ4v) is 1.14. The summed E-state index contributed by atoms with van der Waals surface area (Å²) in [7, 11) is 0. The van der Waals surface area contributed by atoms with E-state index in [1.165, 1.54) is 6.39 Å². The van der Waals surface area contributed by atoms with Gasteiger partial charge in [-0.05, 0) is 6.92 Å². The van der Waals surface area contributed by atoms with Gasteiger partial charge in [0.05, 0.1) is 12.2 Å². The monoisotopic (exact) mass is 192 g/mol. The van der Waals surface area contributed by atoms with Crippen molar-refractivity contribution in [2.45, 2.75) is 20.0 Å². The van der Waals surface area contributed by atoms with Gasteiger partial charge in [-0.25, -0.2) is 4.98 Å². The summed E-state index contributed by atoms with van der Waals surface area (Å²) < 4.78 is 6.72. The van der Waals surface area contributed by atoms with Crippen LogP contribution in [0, 0.1) is 0 Å². The van der Waals surface area contributed by atoms with Crippen LogP contribution in [0.15, 0.2) is 29.3 Å². The van der Waals surface area contributed by atoms with E-state index < -0.39 is 0 Å². The first-order chi connectivity index (χ1) is 6.88. The van der Waals surface area contributed by atoms with Crippen molar-refractivity contribution in [2.24, 2.45) is 0 Å². The van der Waals surface area contributed by atoms with Gasteiger partial charge in [-0.1, -0.05) is 0 Å². The van der Waals surface area contributed by atoms with Gasteiger partial charge in [0, 0.05) is 18.8 Å². The molecule has 1 N–H and O–H groups in total. The van der Waals surface area contributed by atoms with Crippen molar-refractivity contribution in [1.29, 1.82) is 0 Å². The Morgan fingerprint density at radius 2 is 2.50 bits per heavy atom. The molecule has 0 amide bonds. The molecule has 0 unspecified atom stereocenters. The number of hydrogen-bond acceptors (Lipinski definition) is 4. The zero-order valence-electron chi connectivity index (χ0n) is 7.97. The van der Waals surface area contributed by atoms with Gasteiger partial charge in [-0.15, -0.1) is 0 Å². The zero-order valence-corrected chi connectivity index (χ0v) is 7.97. The molecule has 0 bridgehead atoms. The van der Waals surface area contributed by atoms with Crippen LogP contribution in [0.1, 0.15) is 12.6 Å². The van der Waals surface area contributed by atoms with E-state index in [1.807, 2.05) is 16.9 Å². The number of rotatable bonds is 4. The molecular weight excluding hydrogens is 180 g/mol. The number of anilines is 1. The lowest BCUT2D eigenvalue weighted by molar-refractivity contribution is 0.556. The molecule has 2 aromatic rings. The van der Waals surface area contributed by atoms with Crippen molar-refractivity contribution >= 4 is 5.82 Å². The molecule has 2 rings (SSSR count). The average Bonchev–Trinajstić information content (AvgIpc) is 2.86. The molecule has 0 aliphatic heterocycles. The summed E-state index contributed by atoms with van der Waals surface area (Å²) in [5, 5.41) is 7.42.